The lowest BCUT2D eigenvalue weighted by Crippen LogP contribution is -2.70. The summed E-state index contributed by atoms with van der Waals surface area (Å²) in [6, 6.07) is -1.53. The van der Waals surface area contributed by atoms with E-state index in [0.29, 0.717) is 0 Å². The molecule has 19 nitrogen and oxygen atoms in total. The van der Waals surface area contributed by atoms with E-state index in [4.69, 9.17) is 23.7 Å². The van der Waals surface area contributed by atoms with Crippen LogP contribution in [-0.2, 0) is 33.3 Å². The van der Waals surface area contributed by atoms with Crippen LogP contribution in [0.3, 0.4) is 0 Å². The number of aliphatic hydroxyl groups is 10. The fourth-order valence-corrected chi connectivity index (χ4v) is 4.90. The van der Waals surface area contributed by atoms with E-state index in [-0.39, 0.29) is 0 Å². The maximum absolute atomic E-state index is 12.6. The summed E-state index contributed by atoms with van der Waals surface area (Å²) >= 11 is 0. The summed E-state index contributed by atoms with van der Waals surface area (Å²) in [6.45, 7) is -0.486. The zero-order chi connectivity index (χ0) is 32.8. The molecule has 12 N–H and O–H groups in total. The average molecular weight is 634 g/mol. The Morgan fingerprint density at radius 1 is 1.05 bits per heavy atom. The quantitative estimate of drug-likeness (QED) is 0.0797. The third kappa shape index (κ3) is 8.54. The number of carbonyl (C=O) groups is 2. The molecule has 15 atom stereocenters. The molecule has 43 heavy (non-hydrogen) atoms. The minimum atomic E-state index is -3.00. The van der Waals surface area contributed by atoms with Gasteiger partial charge in [-0.3, -0.25) is 4.79 Å². The van der Waals surface area contributed by atoms with Gasteiger partial charge >= 0.3 is 5.97 Å². The number of ether oxygens (including phenoxy) is 5. The van der Waals surface area contributed by atoms with E-state index in [2.05, 4.69) is 5.32 Å². The van der Waals surface area contributed by atoms with Gasteiger partial charge in [-0.25, -0.2) is 4.79 Å². The molecule has 252 valence electrons. The number of aliphatic carboxylic acids is 1. The van der Waals surface area contributed by atoms with Crippen LogP contribution in [0.1, 0.15) is 20.3 Å². The van der Waals surface area contributed by atoms with E-state index in [9.17, 15) is 65.8 Å². The van der Waals surface area contributed by atoms with Crippen LogP contribution in [0.25, 0.3) is 0 Å². The highest BCUT2D eigenvalue weighted by Crippen LogP contribution is 2.37. The topological polar surface area (TPSA) is 315 Å². The number of rotatable bonds is 15. The van der Waals surface area contributed by atoms with Crippen molar-refractivity contribution in [2.24, 2.45) is 0 Å². The first-order valence-electron chi connectivity index (χ1n) is 13.4. The molecular formula is C24H43NO18. The fourth-order valence-electron chi connectivity index (χ4n) is 4.90. The van der Waals surface area contributed by atoms with Crippen LogP contribution >= 0.6 is 0 Å². The van der Waals surface area contributed by atoms with Crippen molar-refractivity contribution in [3.05, 3.63) is 0 Å². The third-order valence-corrected chi connectivity index (χ3v) is 7.31. The highest BCUT2D eigenvalue weighted by molar-refractivity contribution is 5.76. The Bertz CT molecular complexity index is 890. The van der Waals surface area contributed by atoms with Crippen LogP contribution in [-0.4, -0.2) is 186 Å². The molecule has 2 aliphatic heterocycles. The monoisotopic (exact) mass is 633 g/mol. The van der Waals surface area contributed by atoms with Gasteiger partial charge in [-0.1, -0.05) is 0 Å². The Morgan fingerprint density at radius 3 is 2.14 bits per heavy atom. The Balaban J connectivity index is 2.50. The predicted octanol–water partition coefficient (Wildman–Crippen LogP) is -6.91. The smallest absolute Gasteiger partial charge is 0.364 e. The van der Waals surface area contributed by atoms with Gasteiger partial charge in [0.25, 0.3) is 5.79 Å². The first-order chi connectivity index (χ1) is 20.1. The number of hydrogen-bond acceptors (Lipinski definition) is 17. The van der Waals surface area contributed by atoms with Gasteiger partial charge in [0.05, 0.1) is 38.1 Å². The van der Waals surface area contributed by atoms with E-state index in [1.807, 2.05) is 0 Å². The summed E-state index contributed by atoms with van der Waals surface area (Å²) in [4.78, 5) is 24.3. The Labute approximate surface area is 245 Å². The largest absolute Gasteiger partial charge is 0.477 e. The minimum Gasteiger partial charge on any atom is -0.477 e. The number of amides is 1. The second-order valence-corrected chi connectivity index (χ2v) is 10.5. The molecule has 2 fully saturated rings. The van der Waals surface area contributed by atoms with Gasteiger partial charge in [-0.2, -0.15) is 0 Å². The number of methoxy groups -OCH3 is 1. The summed E-state index contributed by atoms with van der Waals surface area (Å²) in [5, 5.41) is 115. The van der Waals surface area contributed by atoms with Crippen molar-refractivity contribution in [3.8, 4) is 0 Å². The van der Waals surface area contributed by atoms with E-state index in [1.54, 1.807) is 0 Å². The molecule has 0 bridgehead atoms. The van der Waals surface area contributed by atoms with Crippen molar-refractivity contribution < 1.29 is 89.4 Å². The molecule has 2 aliphatic rings. The molecule has 0 saturated carbocycles. The van der Waals surface area contributed by atoms with Crippen LogP contribution < -0.4 is 5.32 Å². The van der Waals surface area contributed by atoms with E-state index >= 15 is 0 Å². The predicted molar refractivity (Wildman–Crippen MR) is 136 cm³/mol. The van der Waals surface area contributed by atoms with Crippen LogP contribution in [0.5, 0.6) is 0 Å². The van der Waals surface area contributed by atoms with Crippen molar-refractivity contribution in [1.82, 2.24) is 5.32 Å². The summed E-state index contributed by atoms with van der Waals surface area (Å²) in [5.74, 6) is -5.68. The van der Waals surface area contributed by atoms with Crippen LogP contribution in [0, 0.1) is 0 Å². The Kier molecular flexibility index (Phi) is 14.0. The highest BCUT2D eigenvalue weighted by atomic mass is 16.8. The Morgan fingerprint density at radius 2 is 1.67 bits per heavy atom. The number of carboxylic acids is 1. The van der Waals surface area contributed by atoms with Crippen molar-refractivity contribution in [1.29, 1.82) is 0 Å². The maximum atomic E-state index is 12.6. The van der Waals surface area contributed by atoms with E-state index in [1.165, 1.54) is 6.92 Å². The maximum Gasteiger partial charge on any atom is 0.364 e. The lowest BCUT2D eigenvalue weighted by Gasteiger charge is -2.50. The molecule has 1 amide bonds. The van der Waals surface area contributed by atoms with Crippen molar-refractivity contribution >= 4 is 11.9 Å². The lowest BCUT2D eigenvalue weighted by atomic mass is 9.88. The zero-order valence-electron chi connectivity index (χ0n) is 23.7. The molecular weight excluding hydrogens is 590 g/mol. The molecule has 2 rings (SSSR count). The number of hydrogen-bond donors (Lipinski definition) is 12. The third-order valence-electron chi connectivity index (χ3n) is 7.31. The summed E-state index contributed by atoms with van der Waals surface area (Å²) in [6.07, 6.45) is -24.6. The Hall–Kier alpha value is -1.66. The molecule has 19 heteroatoms. The van der Waals surface area contributed by atoms with Crippen molar-refractivity contribution in [3.63, 3.8) is 0 Å². The summed E-state index contributed by atoms with van der Waals surface area (Å²) in [5.41, 5.74) is 0. The molecule has 0 aromatic carbocycles. The second-order valence-electron chi connectivity index (χ2n) is 10.5. The second kappa shape index (κ2) is 16.1. The van der Waals surface area contributed by atoms with Crippen molar-refractivity contribution in [2.75, 3.05) is 26.9 Å². The van der Waals surface area contributed by atoms with Crippen molar-refractivity contribution in [2.45, 2.75) is 112 Å². The first kappa shape index (κ1) is 37.5. The van der Waals surface area contributed by atoms with Crippen LogP contribution in [0.2, 0.25) is 0 Å². The van der Waals surface area contributed by atoms with Gasteiger partial charge in [0, 0.05) is 20.5 Å². The normalized spacial score (nSPS) is 37.5. The SMILES string of the molecule is COC(CO)C(OC1OC(CO)C(O)C(O[C@]2(C(=O)O)C[C@@H](O)C(NC(C)=O)C(C(O)[C@H](O)CO)O2)C1O)C(O)[C@@H](C)O. The van der Waals surface area contributed by atoms with Gasteiger partial charge in [0.15, 0.2) is 6.29 Å². The van der Waals surface area contributed by atoms with Gasteiger partial charge in [0.2, 0.25) is 5.91 Å². The van der Waals surface area contributed by atoms with Crippen LogP contribution in [0.4, 0.5) is 0 Å². The molecule has 0 radical (unpaired) electrons. The van der Waals surface area contributed by atoms with Crippen LogP contribution in [0.15, 0.2) is 0 Å². The fraction of sp³-hybridized carbons (Fsp3) is 0.917. The minimum absolute atomic E-state index is 0.737. The van der Waals surface area contributed by atoms with Gasteiger partial charge < -0.3 is 85.2 Å². The van der Waals surface area contributed by atoms with Gasteiger partial charge in [-0.15, -0.1) is 0 Å². The van der Waals surface area contributed by atoms with E-state index < -0.39 is 129 Å². The molecule has 0 aliphatic carbocycles. The molecule has 2 heterocycles. The standard InChI is InChI=1S/C24H43NO18/c1-8(29)15(33)19(13(7-28)39-3)41-22-18(36)21(17(35)12(6-27)40-22)43-24(23(37)38)4-10(31)14(25-9(2)30)20(42-24)16(34)11(32)5-26/h8,10-22,26-29,31-36H,4-7H2,1-3H3,(H,25,30)(H,37,38)/t8-,10-,11-,12?,13?,14?,15?,16?,17?,18?,19?,20?,21?,22?,24+/m1/s1. The first-order valence-corrected chi connectivity index (χ1v) is 13.4. The summed E-state index contributed by atoms with van der Waals surface area (Å²) < 4.78 is 27.1. The number of carboxylic acid groups (broad SMARTS) is 1. The van der Waals surface area contributed by atoms with E-state index in [0.717, 1.165) is 14.0 Å². The highest BCUT2D eigenvalue weighted by Gasteiger charge is 2.59. The molecule has 2 saturated heterocycles. The molecule has 0 aromatic heterocycles. The van der Waals surface area contributed by atoms with Gasteiger partial charge in [0.1, 0.15) is 61.0 Å². The number of carbonyl (C=O) groups excluding carboxylic acids is 1. The molecule has 0 spiro atoms. The lowest BCUT2D eigenvalue weighted by molar-refractivity contribution is -0.377. The van der Waals surface area contributed by atoms with Gasteiger partial charge in [-0.05, 0) is 6.92 Å². The molecule has 11 unspecified atom stereocenters. The molecule has 0 aromatic rings. The average Bonchev–Trinajstić information content (AvgIpc) is 2.96. The number of nitrogens with one attached hydrogen (secondary N) is 1. The zero-order valence-corrected chi connectivity index (χ0v) is 23.7. The summed E-state index contributed by atoms with van der Waals surface area (Å²) in [7, 11) is 1.14. The number of aliphatic hydroxyl groups excluding tert-OH is 10.